The third-order valence-electron chi connectivity index (χ3n) is 3.02. The summed E-state index contributed by atoms with van der Waals surface area (Å²) in [5.74, 6) is -1.05. The number of carboxylic acid groups (broad SMARTS) is 1. The number of hydrogen-bond donors (Lipinski definition) is 2. The fraction of sp³-hybridized carbons (Fsp3) is 0.833. The number of carboxylic acids is 1. The Morgan fingerprint density at radius 3 is 2.72 bits per heavy atom. The van der Waals surface area contributed by atoms with Crippen LogP contribution in [0.2, 0.25) is 0 Å². The molecule has 0 spiro atoms. The van der Waals surface area contributed by atoms with E-state index in [9.17, 15) is 9.59 Å². The van der Waals surface area contributed by atoms with Crippen molar-refractivity contribution in [1.29, 1.82) is 0 Å². The Hall–Kier alpha value is -1.30. The molecule has 6 heteroatoms. The number of piperidine rings is 1. The molecule has 1 atom stereocenters. The molecule has 1 rings (SSSR count). The number of carbonyl (C=O) groups is 2. The van der Waals surface area contributed by atoms with E-state index < -0.39 is 11.5 Å². The predicted octanol–water partition coefficient (Wildman–Crippen LogP) is 1.06. The largest absolute Gasteiger partial charge is 0.480 e. The topological polar surface area (TPSA) is 78.9 Å². The molecule has 0 aromatic rings. The van der Waals surface area contributed by atoms with Gasteiger partial charge in [-0.3, -0.25) is 0 Å². The summed E-state index contributed by atoms with van der Waals surface area (Å²) in [5.41, 5.74) is -1.25. The minimum absolute atomic E-state index is 0.0578. The molecule has 6 nitrogen and oxygen atoms in total. The van der Waals surface area contributed by atoms with E-state index in [-0.39, 0.29) is 12.1 Å². The number of urea groups is 1. The van der Waals surface area contributed by atoms with Crippen LogP contribution in [0.25, 0.3) is 0 Å². The molecule has 0 bridgehead atoms. The molecular weight excluding hydrogens is 236 g/mol. The highest BCUT2D eigenvalue weighted by Gasteiger charge is 2.32. The lowest BCUT2D eigenvalue weighted by molar-refractivity contribution is -0.143. The number of likely N-dealkylation sites (tertiary alicyclic amines) is 1. The Balaban J connectivity index is 2.53. The number of nitrogens with one attached hydrogen (secondary N) is 1. The van der Waals surface area contributed by atoms with E-state index in [1.807, 2.05) is 6.92 Å². The quantitative estimate of drug-likeness (QED) is 0.790. The molecule has 0 saturated carbocycles. The average molecular weight is 258 g/mol. The van der Waals surface area contributed by atoms with Gasteiger partial charge >= 0.3 is 12.0 Å². The third-order valence-corrected chi connectivity index (χ3v) is 3.02. The number of nitrogens with zero attached hydrogens (tertiary/aromatic N) is 1. The lowest BCUT2D eigenvalue weighted by Gasteiger charge is -2.34. The van der Waals surface area contributed by atoms with Gasteiger partial charge in [-0.15, -0.1) is 0 Å². The molecule has 18 heavy (non-hydrogen) atoms. The Bertz CT molecular complexity index is 315. The number of aliphatic carboxylic acids is 1. The van der Waals surface area contributed by atoms with Gasteiger partial charge in [0.25, 0.3) is 0 Å². The molecule has 1 aliphatic rings. The first-order chi connectivity index (χ1) is 8.36. The van der Waals surface area contributed by atoms with Crippen LogP contribution in [0.4, 0.5) is 4.79 Å². The van der Waals surface area contributed by atoms with E-state index in [1.54, 1.807) is 4.90 Å². The van der Waals surface area contributed by atoms with Crippen molar-refractivity contribution in [2.45, 2.75) is 45.3 Å². The van der Waals surface area contributed by atoms with Gasteiger partial charge in [0.15, 0.2) is 0 Å². The molecular formula is C12H22N2O4. The van der Waals surface area contributed by atoms with E-state index in [4.69, 9.17) is 9.84 Å². The van der Waals surface area contributed by atoms with Crippen molar-refractivity contribution >= 4 is 12.0 Å². The van der Waals surface area contributed by atoms with Crippen LogP contribution in [0.3, 0.4) is 0 Å². The second-order valence-corrected chi connectivity index (χ2v) is 5.03. The highest BCUT2D eigenvalue weighted by Crippen LogP contribution is 2.14. The van der Waals surface area contributed by atoms with Crippen molar-refractivity contribution in [1.82, 2.24) is 10.2 Å². The minimum atomic E-state index is -1.25. The predicted molar refractivity (Wildman–Crippen MR) is 66.5 cm³/mol. The zero-order valence-corrected chi connectivity index (χ0v) is 11.2. The number of carbonyl (C=O) groups excluding carboxylic acids is 1. The van der Waals surface area contributed by atoms with Gasteiger partial charge in [-0.05, 0) is 33.6 Å². The van der Waals surface area contributed by atoms with Gasteiger partial charge in [0.05, 0.1) is 6.10 Å². The summed E-state index contributed by atoms with van der Waals surface area (Å²) in [4.78, 5) is 24.5. The lowest BCUT2D eigenvalue weighted by Crippen LogP contribution is -2.56. The summed E-state index contributed by atoms with van der Waals surface area (Å²) in [6.45, 7) is 6.65. The molecule has 1 saturated heterocycles. The zero-order valence-electron chi connectivity index (χ0n) is 11.2. The van der Waals surface area contributed by atoms with E-state index in [0.717, 1.165) is 12.8 Å². The lowest BCUT2D eigenvalue weighted by atomic mass is 10.1. The van der Waals surface area contributed by atoms with Crippen molar-refractivity contribution in [2.75, 3.05) is 19.7 Å². The summed E-state index contributed by atoms with van der Waals surface area (Å²) in [7, 11) is 0. The monoisotopic (exact) mass is 258 g/mol. The Labute approximate surface area is 107 Å². The van der Waals surface area contributed by atoms with Crippen molar-refractivity contribution in [3.05, 3.63) is 0 Å². The van der Waals surface area contributed by atoms with E-state index in [1.165, 1.54) is 13.8 Å². The Morgan fingerprint density at radius 1 is 1.50 bits per heavy atom. The number of ether oxygens (including phenoxy) is 1. The molecule has 104 valence electrons. The van der Waals surface area contributed by atoms with Gasteiger partial charge in [0.1, 0.15) is 5.54 Å². The van der Waals surface area contributed by atoms with Crippen molar-refractivity contribution < 1.29 is 19.4 Å². The maximum Gasteiger partial charge on any atom is 0.328 e. The van der Waals surface area contributed by atoms with Crippen LogP contribution in [0.1, 0.15) is 33.6 Å². The summed E-state index contributed by atoms with van der Waals surface area (Å²) < 4.78 is 5.50. The summed E-state index contributed by atoms with van der Waals surface area (Å²) >= 11 is 0. The molecule has 1 fully saturated rings. The summed E-state index contributed by atoms with van der Waals surface area (Å²) in [6, 6.07) is -0.341. The van der Waals surface area contributed by atoms with Gasteiger partial charge in [-0.2, -0.15) is 0 Å². The second-order valence-electron chi connectivity index (χ2n) is 5.03. The van der Waals surface area contributed by atoms with Gasteiger partial charge in [0.2, 0.25) is 0 Å². The third kappa shape index (κ3) is 3.87. The summed E-state index contributed by atoms with van der Waals surface area (Å²) in [6.07, 6.45) is 1.88. The van der Waals surface area contributed by atoms with Crippen LogP contribution in [-0.4, -0.2) is 53.3 Å². The fourth-order valence-electron chi connectivity index (χ4n) is 1.89. The molecule has 0 radical (unpaired) electrons. The highest BCUT2D eigenvalue weighted by molar-refractivity contribution is 5.85. The first-order valence-corrected chi connectivity index (χ1v) is 6.29. The van der Waals surface area contributed by atoms with Crippen molar-refractivity contribution in [2.24, 2.45) is 0 Å². The molecule has 1 aliphatic heterocycles. The number of amides is 2. The Morgan fingerprint density at radius 2 is 2.17 bits per heavy atom. The molecule has 2 amide bonds. The van der Waals surface area contributed by atoms with Gasteiger partial charge in [-0.25, -0.2) is 9.59 Å². The second kappa shape index (κ2) is 6.04. The smallest absolute Gasteiger partial charge is 0.328 e. The number of rotatable bonds is 4. The van der Waals surface area contributed by atoms with Crippen LogP contribution in [0.5, 0.6) is 0 Å². The molecule has 2 N–H and O–H groups in total. The molecule has 1 heterocycles. The molecule has 0 aliphatic carbocycles. The Kier molecular flexibility index (Phi) is 4.95. The van der Waals surface area contributed by atoms with Crippen molar-refractivity contribution in [3.8, 4) is 0 Å². The zero-order chi connectivity index (χ0) is 13.8. The average Bonchev–Trinajstić information content (AvgIpc) is 2.29. The highest BCUT2D eigenvalue weighted by atomic mass is 16.5. The van der Waals surface area contributed by atoms with E-state index >= 15 is 0 Å². The van der Waals surface area contributed by atoms with Crippen molar-refractivity contribution in [3.63, 3.8) is 0 Å². The van der Waals surface area contributed by atoms with Crippen LogP contribution in [0.15, 0.2) is 0 Å². The fourth-order valence-corrected chi connectivity index (χ4v) is 1.89. The maximum absolute atomic E-state index is 12.0. The normalized spacial score (nSPS) is 20.6. The van der Waals surface area contributed by atoms with E-state index in [0.29, 0.717) is 19.7 Å². The minimum Gasteiger partial charge on any atom is -0.480 e. The van der Waals surface area contributed by atoms with Crippen LogP contribution in [-0.2, 0) is 9.53 Å². The SMILES string of the molecule is CCOC1CCCN(C(=O)NC(C)(C)C(=O)O)C1. The number of hydrogen-bond acceptors (Lipinski definition) is 3. The van der Waals surface area contributed by atoms with Crippen LogP contribution >= 0.6 is 0 Å². The van der Waals surface area contributed by atoms with Gasteiger partial charge in [-0.1, -0.05) is 0 Å². The summed E-state index contributed by atoms with van der Waals surface area (Å²) in [5, 5.41) is 11.5. The van der Waals surface area contributed by atoms with Crippen LogP contribution < -0.4 is 5.32 Å². The molecule has 0 aromatic heterocycles. The van der Waals surface area contributed by atoms with Gasteiger partial charge < -0.3 is 20.1 Å². The standard InChI is InChI=1S/C12H22N2O4/c1-4-18-9-6-5-7-14(8-9)11(17)13-12(2,3)10(15)16/h9H,4-8H2,1-3H3,(H,13,17)(H,15,16). The van der Waals surface area contributed by atoms with Crippen LogP contribution in [0, 0.1) is 0 Å². The van der Waals surface area contributed by atoms with Gasteiger partial charge in [0, 0.05) is 19.7 Å². The molecule has 1 unspecified atom stereocenters. The van der Waals surface area contributed by atoms with E-state index in [2.05, 4.69) is 5.32 Å². The maximum atomic E-state index is 12.0. The first-order valence-electron chi connectivity index (χ1n) is 6.29. The first kappa shape index (κ1) is 14.8. The molecule has 0 aromatic carbocycles.